The molecule has 0 fully saturated rings. The number of amides is 1. The summed E-state index contributed by atoms with van der Waals surface area (Å²) in [6.45, 7) is 5.52. The van der Waals surface area contributed by atoms with E-state index in [1.165, 1.54) is 6.07 Å². The van der Waals surface area contributed by atoms with Crippen molar-refractivity contribution in [2.45, 2.75) is 26.9 Å². The number of nitrogens with zero attached hydrogens (tertiary/aromatic N) is 3. The minimum Gasteiger partial charge on any atom is -0.318 e. The van der Waals surface area contributed by atoms with Crippen molar-refractivity contribution in [3.05, 3.63) is 119 Å². The van der Waals surface area contributed by atoms with Gasteiger partial charge in [0.25, 0.3) is 5.91 Å². The summed E-state index contributed by atoms with van der Waals surface area (Å²) in [4.78, 5) is 12.8. The number of para-hydroxylation sites is 1. The van der Waals surface area contributed by atoms with E-state index in [1.54, 1.807) is 33.5 Å². The Hall–Kier alpha value is -4.70. The van der Waals surface area contributed by atoms with Gasteiger partial charge in [-0.05, 0) is 81.0 Å². The zero-order valence-electron chi connectivity index (χ0n) is 22.5. The molecule has 0 bridgehead atoms. The lowest BCUT2D eigenvalue weighted by molar-refractivity contribution is -0.137. The predicted octanol–water partition coefficient (Wildman–Crippen LogP) is 7.40. The molecule has 41 heavy (non-hydrogen) atoms. The van der Waals surface area contributed by atoms with E-state index in [9.17, 15) is 18.0 Å². The SMILES string of the molecule is Cc1ccccc1C(=O)NC(=S)Nc1cc(-c2cc(C)n(-c3cccc(C(F)(F)F)c3)c2C)nn1-c1ccccc1. The van der Waals surface area contributed by atoms with E-state index >= 15 is 0 Å². The molecule has 2 aromatic heterocycles. The number of carbonyl (C=O) groups is 1. The number of aryl methyl sites for hydroxylation is 2. The summed E-state index contributed by atoms with van der Waals surface area (Å²) in [7, 11) is 0. The molecule has 208 valence electrons. The number of anilines is 1. The summed E-state index contributed by atoms with van der Waals surface area (Å²) in [6.07, 6.45) is -4.45. The van der Waals surface area contributed by atoms with Crippen LogP contribution >= 0.6 is 12.2 Å². The van der Waals surface area contributed by atoms with Gasteiger partial charge in [0.2, 0.25) is 0 Å². The summed E-state index contributed by atoms with van der Waals surface area (Å²) >= 11 is 5.47. The number of hydrogen-bond acceptors (Lipinski definition) is 3. The van der Waals surface area contributed by atoms with E-state index in [0.29, 0.717) is 22.8 Å². The molecule has 0 spiro atoms. The van der Waals surface area contributed by atoms with Gasteiger partial charge in [-0.25, -0.2) is 4.68 Å². The molecule has 5 rings (SSSR count). The lowest BCUT2D eigenvalue weighted by Gasteiger charge is -2.13. The van der Waals surface area contributed by atoms with Crippen LogP contribution in [0.4, 0.5) is 19.0 Å². The highest BCUT2D eigenvalue weighted by molar-refractivity contribution is 7.80. The van der Waals surface area contributed by atoms with Gasteiger partial charge < -0.3 is 9.88 Å². The Labute approximate surface area is 240 Å². The first-order chi connectivity index (χ1) is 19.5. The van der Waals surface area contributed by atoms with Crippen molar-refractivity contribution in [1.82, 2.24) is 19.7 Å². The Morgan fingerprint density at radius 1 is 0.854 bits per heavy atom. The van der Waals surface area contributed by atoms with E-state index in [-0.39, 0.29) is 11.0 Å². The first-order valence-electron chi connectivity index (χ1n) is 12.7. The molecule has 10 heteroatoms. The van der Waals surface area contributed by atoms with Crippen LogP contribution in [0.2, 0.25) is 0 Å². The molecule has 3 aromatic carbocycles. The standard InChI is InChI=1S/C31H26F3N5OS/c1-19-10-7-8-15-25(19)29(40)36-30(41)35-28-18-27(37-39(28)23-12-5-4-6-13-23)26-16-20(2)38(21(26)3)24-14-9-11-22(17-24)31(32,33)34/h4-18H,1-3H3,(H2,35,36,40,41). The molecule has 1 amide bonds. The van der Waals surface area contributed by atoms with Gasteiger partial charge >= 0.3 is 6.18 Å². The molecule has 0 atom stereocenters. The molecule has 2 N–H and O–H groups in total. The van der Waals surface area contributed by atoms with Crippen LogP contribution in [0.5, 0.6) is 0 Å². The summed E-state index contributed by atoms with van der Waals surface area (Å²) < 4.78 is 43.6. The second kappa shape index (κ2) is 11.1. The van der Waals surface area contributed by atoms with Gasteiger partial charge in [0.1, 0.15) is 5.82 Å². The number of rotatable bonds is 5. The molecule has 0 radical (unpaired) electrons. The zero-order chi connectivity index (χ0) is 29.3. The first kappa shape index (κ1) is 27.9. The highest BCUT2D eigenvalue weighted by atomic mass is 32.1. The number of hydrogen-bond donors (Lipinski definition) is 2. The topological polar surface area (TPSA) is 63.9 Å². The maximum atomic E-state index is 13.4. The fraction of sp³-hybridized carbons (Fsp3) is 0.129. The van der Waals surface area contributed by atoms with Crippen LogP contribution < -0.4 is 10.6 Å². The maximum absolute atomic E-state index is 13.4. The van der Waals surface area contributed by atoms with Crippen molar-refractivity contribution in [1.29, 1.82) is 0 Å². The number of carbonyl (C=O) groups excluding carboxylic acids is 1. The zero-order valence-corrected chi connectivity index (χ0v) is 23.3. The monoisotopic (exact) mass is 573 g/mol. The van der Waals surface area contributed by atoms with Crippen LogP contribution in [0, 0.1) is 20.8 Å². The van der Waals surface area contributed by atoms with Crippen molar-refractivity contribution in [3.63, 3.8) is 0 Å². The third-order valence-corrected chi connectivity index (χ3v) is 6.91. The van der Waals surface area contributed by atoms with Crippen molar-refractivity contribution >= 4 is 29.1 Å². The largest absolute Gasteiger partial charge is 0.416 e. The van der Waals surface area contributed by atoms with Crippen LogP contribution in [0.3, 0.4) is 0 Å². The predicted molar refractivity (Wildman–Crippen MR) is 158 cm³/mol. The third-order valence-electron chi connectivity index (χ3n) is 6.71. The number of alkyl halides is 3. The summed E-state index contributed by atoms with van der Waals surface area (Å²) in [5.74, 6) is 0.168. The Bertz CT molecular complexity index is 1760. The average molecular weight is 574 g/mol. The smallest absolute Gasteiger partial charge is 0.318 e. The summed E-state index contributed by atoms with van der Waals surface area (Å²) in [6, 6.07) is 25.5. The molecule has 5 aromatic rings. The van der Waals surface area contributed by atoms with Gasteiger partial charge in [-0.15, -0.1) is 0 Å². The van der Waals surface area contributed by atoms with Crippen LogP contribution in [0.1, 0.15) is 32.9 Å². The number of aromatic nitrogens is 3. The second-order valence-corrected chi connectivity index (χ2v) is 9.96. The molecule has 0 saturated heterocycles. The Kier molecular flexibility index (Phi) is 7.51. The minimum atomic E-state index is -4.45. The molecule has 0 aliphatic carbocycles. The van der Waals surface area contributed by atoms with Gasteiger partial charge in [0.05, 0.1) is 16.9 Å². The molecular formula is C31H26F3N5OS. The van der Waals surface area contributed by atoms with E-state index in [1.807, 2.05) is 69.3 Å². The molecule has 2 heterocycles. The number of thiocarbonyl (C=S) groups is 1. The maximum Gasteiger partial charge on any atom is 0.416 e. The third kappa shape index (κ3) is 5.78. The van der Waals surface area contributed by atoms with Gasteiger partial charge in [-0.3, -0.25) is 10.1 Å². The molecule has 0 unspecified atom stereocenters. The van der Waals surface area contributed by atoms with Crippen LogP contribution in [0.15, 0.2) is 91.0 Å². The number of nitrogens with one attached hydrogen (secondary N) is 2. The minimum absolute atomic E-state index is 0.0938. The van der Waals surface area contributed by atoms with Crippen molar-refractivity contribution in [2.75, 3.05) is 5.32 Å². The van der Waals surface area contributed by atoms with E-state index in [4.69, 9.17) is 17.3 Å². The van der Waals surface area contributed by atoms with Crippen molar-refractivity contribution < 1.29 is 18.0 Å². The fourth-order valence-corrected chi connectivity index (χ4v) is 4.95. The Morgan fingerprint density at radius 2 is 1.54 bits per heavy atom. The molecule has 0 aliphatic rings. The quantitative estimate of drug-likeness (QED) is 0.215. The summed E-state index contributed by atoms with van der Waals surface area (Å²) in [5.41, 5.74) is 4.57. The first-order valence-corrected chi connectivity index (χ1v) is 13.1. The molecular weight excluding hydrogens is 547 g/mol. The molecule has 0 aliphatic heterocycles. The lowest BCUT2D eigenvalue weighted by atomic mass is 10.1. The fourth-order valence-electron chi connectivity index (χ4n) is 4.75. The molecule has 0 saturated carbocycles. The van der Waals surface area contributed by atoms with E-state index in [0.717, 1.165) is 40.3 Å². The highest BCUT2D eigenvalue weighted by Gasteiger charge is 2.31. The highest BCUT2D eigenvalue weighted by Crippen LogP contribution is 2.34. The normalized spacial score (nSPS) is 11.4. The van der Waals surface area contributed by atoms with Gasteiger partial charge in [0.15, 0.2) is 5.11 Å². The van der Waals surface area contributed by atoms with Crippen LogP contribution in [-0.2, 0) is 6.18 Å². The Morgan fingerprint density at radius 3 is 2.24 bits per heavy atom. The van der Waals surface area contributed by atoms with Gasteiger partial charge in [0, 0.05) is 34.3 Å². The second-order valence-electron chi connectivity index (χ2n) is 9.55. The van der Waals surface area contributed by atoms with Crippen LogP contribution in [-0.4, -0.2) is 25.4 Å². The van der Waals surface area contributed by atoms with Crippen LogP contribution in [0.25, 0.3) is 22.6 Å². The molecule has 6 nitrogen and oxygen atoms in total. The Balaban J connectivity index is 1.51. The van der Waals surface area contributed by atoms with E-state index in [2.05, 4.69) is 10.6 Å². The number of benzene rings is 3. The van der Waals surface area contributed by atoms with Crippen molar-refractivity contribution in [2.24, 2.45) is 0 Å². The lowest BCUT2D eigenvalue weighted by Crippen LogP contribution is -2.35. The van der Waals surface area contributed by atoms with E-state index < -0.39 is 11.7 Å². The summed E-state index contributed by atoms with van der Waals surface area (Å²) in [5, 5.41) is 10.7. The van der Waals surface area contributed by atoms with Gasteiger partial charge in [-0.1, -0.05) is 42.5 Å². The number of halogens is 3. The van der Waals surface area contributed by atoms with Crippen molar-refractivity contribution in [3.8, 4) is 22.6 Å². The van der Waals surface area contributed by atoms with Gasteiger partial charge in [-0.2, -0.15) is 18.3 Å². The average Bonchev–Trinajstić information content (AvgIpc) is 3.48.